The molecule has 2 amide bonds. The average molecular weight is 601 g/mol. The minimum atomic E-state index is -3.37. The summed E-state index contributed by atoms with van der Waals surface area (Å²) < 4.78 is 29.8. The number of benzene rings is 2. The number of likely N-dealkylation sites (tertiary alicyclic amines) is 1. The van der Waals surface area contributed by atoms with Crippen LogP contribution in [-0.2, 0) is 41.0 Å². The molecule has 42 heavy (non-hydrogen) atoms. The van der Waals surface area contributed by atoms with Crippen molar-refractivity contribution in [3.8, 4) is 0 Å². The Bertz CT molecular complexity index is 1230. The van der Waals surface area contributed by atoms with E-state index in [0.717, 1.165) is 18.4 Å². The van der Waals surface area contributed by atoms with Gasteiger partial charge in [-0.1, -0.05) is 60.7 Å². The molecular weight excluding hydrogens is 553 g/mol. The number of rotatable bonds is 13. The molecule has 1 heterocycles. The average Bonchev–Trinajstić information content (AvgIpc) is 3.28. The van der Waals surface area contributed by atoms with Crippen molar-refractivity contribution in [3.63, 3.8) is 0 Å². The number of hydrogen-bond acceptors (Lipinski definition) is 7. The van der Waals surface area contributed by atoms with Gasteiger partial charge in [-0.25, -0.2) is 4.79 Å². The number of ether oxygens (including phenoxy) is 2. The van der Waals surface area contributed by atoms with Gasteiger partial charge < -0.3 is 14.0 Å². The molecule has 2 aromatic carbocycles. The van der Waals surface area contributed by atoms with E-state index in [4.69, 9.17) is 14.0 Å². The van der Waals surface area contributed by atoms with Crippen molar-refractivity contribution < 1.29 is 37.4 Å². The molecule has 1 unspecified atom stereocenters. The van der Waals surface area contributed by atoms with Crippen LogP contribution in [-0.4, -0.2) is 60.8 Å². The molecule has 8 nitrogen and oxygen atoms in total. The molecule has 0 aliphatic carbocycles. The van der Waals surface area contributed by atoms with Gasteiger partial charge in [0.25, 0.3) is 0 Å². The number of carbonyl (C=O) groups excluding carboxylic acids is 3. The predicted molar refractivity (Wildman–Crippen MR) is 163 cm³/mol. The first-order valence-corrected chi connectivity index (χ1v) is 17.0. The minimum Gasteiger partial charge on any atom is -0.427 e. The normalized spacial score (nSPS) is 21.8. The molecule has 0 radical (unpaired) electrons. The van der Waals surface area contributed by atoms with Gasteiger partial charge in [-0.15, -0.1) is 0 Å². The van der Waals surface area contributed by atoms with E-state index < -0.39 is 48.1 Å². The summed E-state index contributed by atoms with van der Waals surface area (Å²) in [6, 6.07) is 19.6. The van der Waals surface area contributed by atoms with Crippen LogP contribution in [0.25, 0.3) is 0 Å². The van der Waals surface area contributed by atoms with Crippen LogP contribution in [0.5, 0.6) is 0 Å². The quantitative estimate of drug-likeness (QED) is 0.0803. The fraction of sp³-hybridized carbons (Fsp3) is 0.545. The molecule has 2 aromatic rings. The van der Waals surface area contributed by atoms with Crippen LogP contribution < -0.4 is 0 Å². The molecule has 0 bridgehead atoms. The maximum absolute atomic E-state index is 14.1. The van der Waals surface area contributed by atoms with Crippen molar-refractivity contribution in [1.29, 1.82) is 0 Å². The highest BCUT2D eigenvalue weighted by Crippen LogP contribution is 2.49. The van der Waals surface area contributed by atoms with E-state index in [9.17, 15) is 18.9 Å². The van der Waals surface area contributed by atoms with Gasteiger partial charge in [-0.2, -0.15) is 9.28 Å². The first-order valence-electron chi connectivity index (χ1n) is 15.0. The summed E-state index contributed by atoms with van der Waals surface area (Å²) in [5.41, 5.74) is 1.56. The summed E-state index contributed by atoms with van der Waals surface area (Å²) in [6.45, 7) is 8.59. The molecule has 0 spiro atoms. The Labute approximate surface area is 250 Å². The molecule has 9 heteroatoms. The number of aryl methyl sites for hydroxylation is 1. The Morgan fingerprint density at radius 1 is 0.929 bits per heavy atom. The summed E-state index contributed by atoms with van der Waals surface area (Å²) in [4.78, 5) is 40.1. The van der Waals surface area contributed by atoms with E-state index in [1.165, 1.54) is 5.56 Å². The van der Waals surface area contributed by atoms with Gasteiger partial charge in [-0.3, -0.25) is 9.36 Å². The number of amides is 2. The monoisotopic (exact) mass is 600 g/mol. The van der Waals surface area contributed by atoms with Crippen LogP contribution in [0.2, 0.25) is 0 Å². The van der Waals surface area contributed by atoms with E-state index in [1.807, 2.05) is 55.5 Å². The van der Waals surface area contributed by atoms with Gasteiger partial charge in [-0.05, 0) is 71.4 Å². The van der Waals surface area contributed by atoms with Gasteiger partial charge in [0.1, 0.15) is 12.2 Å². The molecule has 0 aromatic heterocycles. The highest BCUT2D eigenvalue weighted by molar-refractivity contribution is 7.59. The Morgan fingerprint density at radius 3 is 2.14 bits per heavy atom. The number of quaternary nitrogens is 1. The molecule has 4 atom stereocenters. The smallest absolute Gasteiger partial charge is 0.427 e. The number of unbranched alkanes of at least 4 members (excludes halogenated alkanes) is 1. The highest BCUT2D eigenvalue weighted by atomic mass is 31.2. The number of imide groups is 1. The summed E-state index contributed by atoms with van der Waals surface area (Å²) in [6.07, 6.45) is 2.76. The number of hydrogen-bond donors (Lipinski definition) is 0. The van der Waals surface area contributed by atoms with Gasteiger partial charge in [0.15, 0.2) is 0 Å². The van der Waals surface area contributed by atoms with E-state index in [2.05, 4.69) is 12.1 Å². The molecule has 1 aliphatic heterocycles. The molecule has 1 fully saturated rings. The van der Waals surface area contributed by atoms with Gasteiger partial charge in [0.05, 0.1) is 18.6 Å². The highest BCUT2D eigenvalue weighted by Gasteiger charge is 2.58. The largest absolute Gasteiger partial charge is 0.526 e. The molecule has 230 valence electrons. The molecule has 1 saturated heterocycles. The lowest BCUT2D eigenvalue weighted by Crippen LogP contribution is -2.60. The van der Waals surface area contributed by atoms with Crippen LogP contribution in [0.3, 0.4) is 0 Å². The van der Waals surface area contributed by atoms with Gasteiger partial charge in [0.2, 0.25) is 14.2 Å². The summed E-state index contributed by atoms with van der Waals surface area (Å²) in [5.74, 6) is -0.945. The number of esters is 1. The van der Waals surface area contributed by atoms with Crippen molar-refractivity contribution in [2.24, 2.45) is 11.3 Å². The van der Waals surface area contributed by atoms with Crippen molar-refractivity contribution in [2.45, 2.75) is 72.8 Å². The second kappa shape index (κ2) is 15.1. The van der Waals surface area contributed by atoms with E-state index >= 15 is 0 Å². The zero-order valence-corrected chi connectivity index (χ0v) is 26.6. The van der Waals surface area contributed by atoms with Crippen molar-refractivity contribution in [2.75, 3.05) is 32.3 Å². The molecule has 0 saturated carbocycles. The van der Waals surface area contributed by atoms with E-state index in [0.29, 0.717) is 19.3 Å². The third-order valence-electron chi connectivity index (χ3n) is 7.89. The fourth-order valence-electron chi connectivity index (χ4n) is 5.67. The standard InChI is InChI=1S/C33H47NO7P/c1-6-41-42(38,20-14-13-17-27-15-9-7-10-16-27)24-30(35)34(32(37)40-25-39-31(36)33(3,4)5)23-29(21-26(34)2)22-28-18-11-8-12-19-28/h7-12,15-16,18-19,26,29H,6,13-14,17,20-25H2,1-5H3/q+1/t26-,29+,34-,42?/m1/s1. The van der Waals surface area contributed by atoms with E-state index in [-0.39, 0.29) is 31.4 Å². The zero-order chi connectivity index (χ0) is 30.8. The first kappa shape index (κ1) is 33.7. The Kier molecular flexibility index (Phi) is 12.1. The summed E-state index contributed by atoms with van der Waals surface area (Å²) in [7, 11) is -3.37. The van der Waals surface area contributed by atoms with Crippen molar-refractivity contribution in [3.05, 3.63) is 71.8 Å². The second-order valence-electron chi connectivity index (χ2n) is 12.4. The minimum absolute atomic E-state index is 0.0355. The Balaban J connectivity index is 1.76. The lowest BCUT2D eigenvalue weighted by atomic mass is 9.97. The van der Waals surface area contributed by atoms with Gasteiger partial charge in [0, 0.05) is 18.5 Å². The molecule has 3 rings (SSSR count). The first-order chi connectivity index (χ1) is 19.9. The fourth-order valence-corrected chi connectivity index (χ4v) is 7.89. The third-order valence-corrected chi connectivity index (χ3v) is 10.4. The maximum atomic E-state index is 14.1. The van der Waals surface area contributed by atoms with Crippen LogP contribution in [0, 0.1) is 11.3 Å². The lowest BCUT2D eigenvalue weighted by molar-refractivity contribution is -0.793. The summed E-state index contributed by atoms with van der Waals surface area (Å²) >= 11 is 0. The molecular formula is C33H47NO7P+. The SMILES string of the molecule is CCOP(=O)(CCCCc1ccccc1)CC(=O)[N@@+]1(C(=O)OCOC(=O)C(C)(C)C)C[C@H](Cc2ccccc2)C[C@H]1C. The van der Waals surface area contributed by atoms with E-state index in [1.54, 1.807) is 27.7 Å². The second-order valence-corrected chi connectivity index (χ2v) is 15.0. The third kappa shape index (κ3) is 9.10. The molecule has 1 aliphatic rings. The zero-order valence-electron chi connectivity index (χ0n) is 25.8. The Morgan fingerprint density at radius 2 is 1.55 bits per heavy atom. The van der Waals surface area contributed by atoms with Crippen molar-refractivity contribution in [1.82, 2.24) is 0 Å². The van der Waals surface area contributed by atoms with Crippen LogP contribution in [0.15, 0.2) is 60.7 Å². The molecule has 0 N–H and O–H groups in total. The lowest BCUT2D eigenvalue weighted by Gasteiger charge is -2.33. The van der Waals surface area contributed by atoms with Crippen molar-refractivity contribution >= 4 is 25.3 Å². The van der Waals surface area contributed by atoms with Crippen LogP contribution >= 0.6 is 7.37 Å². The number of nitrogens with zero attached hydrogens (tertiary/aromatic N) is 1. The van der Waals surface area contributed by atoms with Gasteiger partial charge >= 0.3 is 18.0 Å². The van der Waals surface area contributed by atoms with Crippen LogP contribution in [0.1, 0.15) is 65.0 Å². The predicted octanol–water partition coefficient (Wildman–Crippen LogP) is 7.00. The van der Waals surface area contributed by atoms with Crippen LogP contribution in [0.4, 0.5) is 4.79 Å². The maximum Gasteiger partial charge on any atom is 0.526 e. The Hall–Kier alpha value is -2.80. The topological polar surface area (TPSA) is 96.0 Å². The summed E-state index contributed by atoms with van der Waals surface area (Å²) in [5, 5.41) is 0. The number of carbonyl (C=O) groups is 3.